The van der Waals surface area contributed by atoms with Crippen molar-refractivity contribution in [1.82, 2.24) is 0 Å². The highest BCUT2D eigenvalue weighted by Gasteiger charge is 2.09. The lowest BCUT2D eigenvalue weighted by molar-refractivity contribution is 0.0600. The highest BCUT2D eigenvalue weighted by atomic mass is 16.5. The summed E-state index contributed by atoms with van der Waals surface area (Å²) in [6, 6.07) is 4.84. The Labute approximate surface area is 107 Å². The van der Waals surface area contributed by atoms with Crippen LogP contribution in [0.5, 0.6) is 5.75 Å². The molecule has 1 rings (SSSR count). The molecular formula is C13H19NO4. The summed E-state index contributed by atoms with van der Waals surface area (Å²) in [4.78, 5) is 11.4. The Balaban J connectivity index is 2.56. The standard InChI is InChI=1S/C13H19NO4/c1-16-7-3-4-8-18-12-9-10(13(15)17-2)5-6-11(12)14/h5-6,9H,3-4,7-8,14H2,1-2H3. The number of hydrogen-bond donors (Lipinski definition) is 1. The van der Waals surface area contributed by atoms with Gasteiger partial charge in [-0.25, -0.2) is 4.79 Å². The number of esters is 1. The van der Waals surface area contributed by atoms with Crippen LogP contribution >= 0.6 is 0 Å². The minimum atomic E-state index is -0.403. The maximum Gasteiger partial charge on any atom is 0.337 e. The largest absolute Gasteiger partial charge is 0.491 e. The Morgan fingerprint density at radius 2 is 1.94 bits per heavy atom. The Kier molecular flexibility index (Phi) is 6.00. The minimum Gasteiger partial charge on any atom is -0.491 e. The molecule has 0 atom stereocenters. The van der Waals surface area contributed by atoms with Gasteiger partial charge in [-0.2, -0.15) is 0 Å². The molecule has 0 aliphatic carbocycles. The molecule has 18 heavy (non-hydrogen) atoms. The van der Waals surface area contributed by atoms with Crippen molar-refractivity contribution in [2.24, 2.45) is 0 Å². The first-order valence-corrected chi connectivity index (χ1v) is 5.78. The zero-order chi connectivity index (χ0) is 13.4. The molecule has 2 N–H and O–H groups in total. The van der Waals surface area contributed by atoms with Crippen molar-refractivity contribution in [3.63, 3.8) is 0 Å². The molecule has 0 aromatic heterocycles. The smallest absolute Gasteiger partial charge is 0.337 e. The minimum absolute atomic E-state index is 0.403. The van der Waals surface area contributed by atoms with Crippen LogP contribution in [0.3, 0.4) is 0 Å². The predicted octanol–water partition coefficient (Wildman–Crippen LogP) is 1.86. The second kappa shape index (κ2) is 7.55. The van der Waals surface area contributed by atoms with Crippen LogP contribution in [-0.4, -0.2) is 33.4 Å². The number of anilines is 1. The van der Waals surface area contributed by atoms with Crippen LogP contribution in [-0.2, 0) is 9.47 Å². The number of benzene rings is 1. The highest BCUT2D eigenvalue weighted by Crippen LogP contribution is 2.23. The van der Waals surface area contributed by atoms with Crippen molar-refractivity contribution in [2.75, 3.05) is 33.2 Å². The van der Waals surface area contributed by atoms with Gasteiger partial charge in [0.1, 0.15) is 5.75 Å². The molecule has 0 amide bonds. The van der Waals surface area contributed by atoms with Crippen LogP contribution in [0.25, 0.3) is 0 Å². The number of unbranched alkanes of at least 4 members (excludes halogenated alkanes) is 1. The molecule has 0 aliphatic heterocycles. The van der Waals surface area contributed by atoms with Gasteiger partial charge in [0.2, 0.25) is 0 Å². The Hall–Kier alpha value is -1.75. The summed E-state index contributed by atoms with van der Waals surface area (Å²) in [7, 11) is 3.00. The molecule has 0 heterocycles. The van der Waals surface area contributed by atoms with Crippen molar-refractivity contribution < 1.29 is 19.0 Å². The van der Waals surface area contributed by atoms with Crippen LogP contribution < -0.4 is 10.5 Å². The summed E-state index contributed by atoms with van der Waals surface area (Å²) in [6.45, 7) is 1.25. The van der Waals surface area contributed by atoms with Gasteiger partial charge in [-0.05, 0) is 31.0 Å². The van der Waals surface area contributed by atoms with Crippen LogP contribution in [0.1, 0.15) is 23.2 Å². The van der Waals surface area contributed by atoms with E-state index < -0.39 is 5.97 Å². The third kappa shape index (κ3) is 4.25. The molecule has 100 valence electrons. The van der Waals surface area contributed by atoms with E-state index >= 15 is 0 Å². The quantitative estimate of drug-likeness (QED) is 0.456. The number of ether oxygens (including phenoxy) is 3. The first kappa shape index (κ1) is 14.3. The molecule has 5 heteroatoms. The summed E-state index contributed by atoms with van der Waals surface area (Å²) in [5.41, 5.74) is 6.71. The van der Waals surface area contributed by atoms with E-state index in [2.05, 4.69) is 4.74 Å². The lowest BCUT2D eigenvalue weighted by Gasteiger charge is -2.10. The number of carbonyl (C=O) groups excluding carboxylic acids is 1. The molecule has 0 saturated carbocycles. The number of nitrogens with two attached hydrogens (primary N) is 1. The molecule has 1 aromatic rings. The van der Waals surface area contributed by atoms with Crippen LogP contribution in [0.15, 0.2) is 18.2 Å². The number of methoxy groups -OCH3 is 2. The summed E-state index contributed by atoms with van der Waals surface area (Å²) >= 11 is 0. The van der Waals surface area contributed by atoms with Crippen molar-refractivity contribution >= 4 is 11.7 Å². The second-order valence-electron chi connectivity index (χ2n) is 3.79. The van der Waals surface area contributed by atoms with E-state index in [4.69, 9.17) is 15.2 Å². The fraction of sp³-hybridized carbons (Fsp3) is 0.462. The van der Waals surface area contributed by atoms with E-state index in [1.807, 2.05) is 0 Å². The third-order valence-corrected chi connectivity index (χ3v) is 2.44. The van der Waals surface area contributed by atoms with Gasteiger partial charge in [0.15, 0.2) is 0 Å². The van der Waals surface area contributed by atoms with E-state index in [-0.39, 0.29) is 0 Å². The fourth-order valence-corrected chi connectivity index (χ4v) is 1.43. The van der Waals surface area contributed by atoms with Crippen LogP contribution in [0.4, 0.5) is 5.69 Å². The van der Waals surface area contributed by atoms with Gasteiger partial charge in [0, 0.05) is 13.7 Å². The zero-order valence-electron chi connectivity index (χ0n) is 10.8. The van der Waals surface area contributed by atoms with Crippen molar-refractivity contribution in [3.8, 4) is 5.75 Å². The van der Waals surface area contributed by atoms with E-state index in [0.717, 1.165) is 12.8 Å². The topological polar surface area (TPSA) is 70.8 Å². The molecule has 0 spiro atoms. The third-order valence-electron chi connectivity index (χ3n) is 2.44. The molecule has 0 bridgehead atoms. The van der Waals surface area contributed by atoms with E-state index in [1.165, 1.54) is 7.11 Å². The summed E-state index contributed by atoms with van der Waals surface area (Å²) in [5.74, 6) is 0.106. The molecule has 0 radical (unpaired) electrons. The second-order valence-corrected chi connectivity index (χ2v) is 3.79. The maximum atomic E-state index is 11.4. The molecule has 0 saturated heterocycles. The molecule has 0 aliphatic rings. The van der Waals surface area contributed by atoms with E-state index in [0.29, 0.717) is 30.2 Å². The van der Waals surface area contributed by atoms with E-state index in [1.54, 1.807) is 25.3 Å². The van der Waals surface area contributed by atoms with E-state index in [9.17, 15) is 4.79 Å². The maximum absolute atomic E-state index is 11.4. The average Bonchev–Trinajstić information content (AvgIpc) is 2.39. The Morgan fingerprint density at radius 1 is 1.22 bits per heavy atom. The summed E-state index contributed by atoms with van der Waals surface area (Å²) in [5, 5.41) is 0. The van der Waals surface area contributed by atoms with Crippen molar-refractivity contribution in [2.45, 2.75) is 12.8 Å². The number of carbonyl (C=O) groups is 1. The SMILES string of the molecule is COCCCCOc1cc(C(=O)OC)ccc1N. The van der Waals surface area contributed by atoms with Crippen LogP contribution in [0, 0.1) is 0 Å². The first-order valence-electron chi connectivity index (χ1n) is 5.78. The highest BCUT2D eigenvalue weighted by molar-refractivity contribution is 5.90. The van der Waals surface area contributed by atoms with Gasteiger partial charge in [-0.1, -0.05) is 0 Å². The predicted molar refractivity (Wildman–Crippen MR) is 68.8 cm³/mol. The molecule has 1 aromatic carbocycles. The van der Waals surface area contributed by atoms with Crippen LogP contribution in [0.2, 0.25) is 0 Å². The fourth-order valence-electron chi connectivity index (χ4n) is 1.43. The molecular weight excluding hydrogens is 234 g/mol. The normalized spacial score (nSPS) is 10.1. The lowest BCUT2D eigenvalue weighted by Crippen LogP contribution is -2.05. The first-order chi connectivity index (χ1) is 8.69. The molecule has 5 nitrogen and oxygen atoms in total. The van der Waals surface area contributed by atoms with Gasteiger partial charge in [-0.15, -0.1) is 0 Å². The van der Waals surface area contributed by atoms with Gasteiger partial charge in [0.05, 0.1) is 25.0 Å². The average molecular weight is 253 g/mol. The monoisotopic (exact) mass is 253 g/mol. The van der Waals surface area contributed by atoms with Gasteiger partial charge >= 0.3 is 5.97 Å². The summed E-state index contributed by atoms with van der Waals surface area (Å²) in [6.07, 6.45) is 1.79. The summed E-state index contributed by atoms with van der Waals surface area (Å²) < 4.78 is 15.1. The number of hydrogen-bond acceptors (Lipinski definition) is 5. The Morgan fingerprint density at radius 3 is 2.61 bits per heavy atom. The zero-order valence-corrected chi connectivity index (χ0v) is 10.8. The number of nitrogen functional groups attached to an aromatic ring is 1. The van der Waals surface area contributed by atoms with Crippen molar-refractivity contribution in [3.05, 3.63) is 23.8 Å². The van der Waals surface area contributed by atoms with Crippen molar-refractivity contribution in [1.29, 1.82) is 0 Å². The Bertz CT molecular complexity index is 393. The van der Waals surface area contributed by atoms with Gasteiger partial charge in [0.25, 0.3) is 0 Å². The van der Waals surface area contributed by atoms with Gasteiger partial charge < -0.3 is 19.9 Å². The number of rotatable bonds is 7. The molecule has 0 fully saturated rings. The molecule has 0 unspecified atom stereocenters. The lowest BCUT2D eigenvalue weighted by atomic mass is 10.2. The van der Waals surface area contributed by atoms with Gasteiger partial charge in [-0.3, -0.25) is 0 Å².